The van der Waals surface area contributed by atoms with Gasteiger partial charge in [-0.15, -0.1) is 0 Å². The summed E-state index contributed by atoms with van der Waals surface area (Å²) in [5, 5.41) is 0. The van der Waals surface area contributed by atoms with Crippen molar-refractivity contribution in [2.24, 2.45) is 5.73 Å². The van der Waals surface area contributed by atoms with E-state index in [1.54, 1.807) is 0 Å². The van der Waals surface area contributed by atoms with Gasteiger partial charge in [0.2, 0.25) is 0 Å². The molecule has 1 nitrogen and oxygen atoms in total. The van der Waals surface area contributed by atoms with Crippen LogP contribution >= 0.6 is 0 Å². The summed E-state index contributed by atoms with van der Waals surface area (Å²) in [6, 6.07) is 9.60. The summed E-state index contributed by atoms with van der Waals surface area (Å²) in [6.45, 7) is 2.20. The van der Waals surface area contributed by atoms with Gasteiger partial charge in [-0.25, -0.2) is 0 Å². The second-order valence-electron chi connectivity index (χ2n) is 4.71. The van der Waals surface area contributed by atoms with Gasteiger partial charge in [0.05, 0.1) is 0 Å². The van der Waals surface area contributed by atoms with E-state index in [2.05, 4.69) is 31.2 Å². The van der Waals surface area contributed by atoms with Crippen LogP contribution in [-0.4, -0.2) is 6.04 Å². The van der Waals surface area contributed by atoms with Gasteiger partial charge >= 0.3 is 0 Å². The molecule has 1 aliphatic carbocycles. The van der Waals surface area contributed by atoms with Crippen molar-refractivity contribution in [1.82, 2.24) is 0 Å². The Labute approximate surface area is 92.7 Å². The highest BCUT2D eigenvalue weighted by Gasteiger charge is 2.19. The van der Waals surface area contributed by atoms with Gasteiger partial charge in [-0.05, 0) is 49.1 Å². The third kappa shape index (κ3) is 2.60. The van der Waals surface area contributed by atoms with Crippen molar-refractivity contribution >= 4 is 0 Å². The van der Waals surface area contributed by atoms with Crippen molar-refractivity contribution in [3.63, 3.8) is 0 Å². The number of rotatable bonds is 2. The average molecular weight is 203 g/mol. The highest BCUT2D eigenvalue weighted by atomic mass is 14.6. The molecule has 2 rings (SSSR count). The summed E-state index contributed by atoms with van der Waals surface area (Å²) in [5.41, 5.74) is 8.87. The zero-order valence-corrected chi connectivity index (χ0v) is 9.58. The lowest BCUT2D eigenvalue weighted by Crippen LogP contribution is -2.25. The van der Waals surface area contributed by atoms with Gasteiger partial charge in [0.15, 0.2) is 0 Å². The van der Waals surface area contributed by atoms with Crippen molar-refractivity contribution in [1.29, 1.82) is 0 Å². The Morgan fingerprint density at radius 1 is 1.07 bits per heavy atom. The topological polar surface area (TPSA) is 26.0 Å². The summed E-state index contributed by atoms with van der Waals surface area (Å²) in [4.78, 5) is 0. The molecule has 0 saturated heterocycles. The highest BCUT2D eigenvalue weighted by Crippen LogP contribution is 2.32. The Morgan fingerprint density at radius 2 is 1.67 bits per heavy atom. The van der Waals surface area contributed by atoms with Gasteiger partial charge in [0.1, 0.15) is 0 Å². The minimum Gasteiger partial charge on any atom is -0.328 e. The van der Waals surface area contributed by atoms with E-state index in [1.165, 1.54) is 36.8 Å². The van der Waals surface area contributed by atoms with E-state index >= 15 is 0 Å². The summed E-state index contributed by atoms with van der Waals surface area (Å²) >= 11 is 0. The zero-order valence-electron chi connectivity index (χ0n) is 9.58. The van der Waals surface area contributed by atoms with Gasteiger partial charge in [-0.1, -0.05) is 31.2 Å². The van der Waals surface area contributed by atoms with Gasteiger partial charge < -0.3 is 5.73 Å². The molecule has 0 spiro atoms. The van der Waals surface area contributed by atoms with Crippen molar-refractivity contribution in [2.45, 2.75) is 51.0 Å². The van der Waals surface area contributed by atoms with E-state index in [9.17, 15) is 0 Å². The van der Waals surface area contributed by atoms with Crippen molar-refractivity contribution in [2.75, 3.05) is 0 Å². The smallest absolute Gasteiger partial charge is 0.00392 e. The van der Waals surface area contributed by atoms with Crippen LogP contribution < -0.4 is 5.73 Å². The van der Waals surface area contributed by atoms with Crippen LogP contribution in [0, 0.1) is 0 Å². The maximum Gasteiger partial charge on any atom is 0.00392 e. The molecule has 2 N–H and O–H groups in total. The first kappa shape index (κ1) is 10.7. The van der Waals surface area contributed by atoms with E-state index in [0.29, 0.717) is 6.04 Å². The van der Waals surface area contributed by atoms with Gasteiger partial charge in [0.25, 0.3) is 0 Å². The Balaban J connectivity index is 2.03. The van der Waals surface area contributed by atoms with Crippen molar-refractivity contribution in [3.05, 3.63) is 35.4 Å². The Hall–Kier alpha value is -0.820. The van der Waals surface area contributed by atoms with Crippen LogP contribution in [0.2, 0.25) is 0 Å². The number of benzene rings is 1. The van der Waals surface area contributed by atoms with E-state index in [4.69, 9.17) is 5.73 Å². The third-order valence-electron chi connectivity index (χ3n) is 3.63. The van der Waals surface area contributed by atoms with E-state index in [1.807, 2.05) is 0 Å². The van der Waals surface area contributed by atoms with E-state index in [-0.39, 0.29) is 0 Å². The lowest BCUT2D eigenvalue weighted by atomic mass is 9.82. The molecule has 1 aromatic carbocycles. The van der Waals surface area contributed by atoms with Crippen molar-refractivity contribution in [3.8, 4) is 0 Å². The quantitative estimate of drug-likeness (QED) is 0.784. The fourth-order valence-corrected chi connectivity index (χ4v) is 2.48. The highest BCUT2D eigenvalue weighted by molar-refractivity contribution is 5.25. The Kier molecular flexibility index (Phi) is 3.42. The molecule has 0 amide bonds. The molecular weight excluding hydrogens is 182 g/mol. The largest absolute Gasteiger partial charge is 0.328 e. The summed E-state index contributed by atoms with van der Waals surface area (Å²) < 4.78 is 0. The number of hydrogen-bond acceptors (Lipinski definition) is 1. The third-order valence-corrected chi connectivity index (χ3v) is 3.63. The molecule has 1 saturated carbocycles. The van der Waals surface area contributed by atoms with Crippen LogP contribution in [0.15, 0.2) is 24.3 Å². The predicted octanol–water partition coefficient (Wildman–Crippen LogP) is 3.23. The number of aryl methyl sites for hydroxylation is 1. The first-order valence-corrected chi connectivity index (χ1v) is 6.14. The van der Waals surface area contributed by atoms with Crippen LogP contribution in [-0.2, 0) is 6.42 Å². The molecule has 0 heterocycles. The van der Waals surface area contributed by atoms with Crippen LogP contribution in [0.3, 0.4) is 0 Å². The SMILES string of the molecule is CCc1ccc(C2CCC(N)CC2)cc1. The first-order chi connectivity index (χ1) is 7.29. The van der Waals surface area contributed by atoms with Crippen LogP contribution in [0.4, 0.5) is 0 Å². The summed E-state index contributed by atoms with van der Waals surface area (Å²) in [5.74, 6) is 0.760. The monoisotopic (exact) mass is 203 g/mol. The molecular formula is C14H21N. The van der Waals surface area contributed by atoms with E-state index < -0.39 is 0 Å². The van der Waals surface area contributed by atoms with Crippen LogP contribution in [0.25, 0.3) is 0 Å². The maximum atomic E-state index is 5.92. The van der Waals surface area contributed by atoms with Gasteiger partial charge in [-0.2, -0.15) is 0 Å². The fraction of sp³-hybridized carbons (Fsp3) is 0.571. The lowest BCUT2D eigenvalue weighted by molar-refractivity contribution is 0.395. The standard InChI is InChI=1S/C14H21N/c1-2-11-3-5-12(6-4-11)13-7-9-14(15)10-8-13/h3-6,13-14H,2,7-10,15H2,1H3. The molecule has 0 radical (unpaired) electrons. The normalized spacial score (nSPS) is 26.5. The van der Waals surface area contributed by atoms with Crippen LogP contribution in [0.1, 0.15) is 49.7 Å². The Morgan fingerprint density at radius 3 is 2.20 bits per heavy atom. The molecule has 15 heavy (non-hydrogen) atoms. The first-order valence-electron chi connectivity index (χ1n) is 6.14. The minimum atomic E-state index is 0.455. The molecule has 1 aliphatic rings. The zero-order chi connectivity index (χ0) is 10.7. The maximum absolute atomic E-state index is 5.92. The molecule has 1 fully saturated rings. The number of nitrogens with two attached hydrogens (primary N) is 1. The molecule has 0 atom stereocenters. The van der Waals surface area contributed by atoms with Crippen LogP contribution in [0.5, 0.6) is 0 Å². The molecule has 0 bridgehead atoms. The summed E-state index contributed by atoms with van der Waals surface area (Å²) in [7, 11) is 0. The second-order valence-corrected chi connectivity index (χ2v) is 4.71. The Bertz CT molecular complexity index is 294. The van der Waals surface area contributed by atoms with Gasteiger partial charge in [0, 0.05) is 6.04 Å². The molecule has 0 aliphatic heterocycles. The second kappa shape index (κ2) is 4.80. The predicted molar refractivity (Wildman–Crippen MR) is 65.0 cm³/mol. The fourth-order valence-electron chi connectivity index (χ4n) is 2.48. The minimum absolute atomic E-state index is 0.455. The molecule has 1 aromatic rings. The van der Waals surface area contributed by atoms with Gasteiger partial charge in [-0.3, -0.25) is 0 Å². The lowest BCUT2D eigenvalue weighted by Gasteiger charge is -2.26. The molecule has 0 unspecified atom stereocenters. The molecule has 0 aromatic heterocycles. The van der Waals surface area contributed by atoms with Crippen molar-refractivity contribution < 1.29 is 0 Å². The number of hydrogen-bond donors (Lipinski definition) is 1. The molecule has 1 heteroatoms. The molecule has 82 valence electrons. The summed E-state index contributed by atoms with van der Waals surface area (Å²) in [6.07, 6.45) is 6.06. The van der Waals surface area contributed by atoms with E-state index in [0.717, 1.165) is 12.3 Å². The average Bonchev–Trinajstić information content (AvgIpc) is 2.30.